The van der Waals surface area contributed by atoms with Gasteiger partial charge in [0, 0.05) is 58.8 Å². The van der Waals surface area contributed by atoms with Crippen molar-refractivity contribution in [1.29, 1.82) is 0 Å². The summed E-state index contributed by atoms with van der Waals surface area (Å²) in [5, 5.41) is 7.35. The van der Waals surface area contributed by atoms with E-state index in [1.165, 1.54) is 23.9 Å². The van der Waals surface area contributed by atoms with Crippen LogP contribution in [0, 0.1) is 12.8 Å². The number of carbonyl (C=O) groups excluding carboxylic acids is 3. The maximum atomic E-state index is 13.6. The van der Waals surface area contributed by atoms with Crippen molar-refractivity contribution in [2.75, 3.05) is 24.1 Å². The largest absolute Gasteiger partial charge is 0.382 e. The number of Topliss-reactive ketones (excluding diaryl/α,β-unsaturated/α-hetero) is 1. The van der Waals surface area contributed by atoms with Crippen LogP contribution in [-0.4, -0.2) is 54.8 Å². The van der Waals surface area contributed by atoms with Gasteiger partial charge in [0.25, 0.3) is 11.5 Å². The van der Waals surface area contributed by atoms with Crippen molar-refractivity contribution in [2.45, 2.75) is 46.5 Å². The normalized spacial score (nSPS) is 13.7. The molecule has 1 fully saturated rings. The number of nitrogen functional groups attached to an aromatic ring is 1. The third-order valence-corrected chi connectivity index (χ3v) is 8.87. The van der Waals surface area contributed by atoms with Gasteiger partial charge in [-0.05, 0) is 68.7 Å². The molecule has 11 heteroatoms. The lowest BCUT2D eigenvalue weighted by molar-refractivity contribution is -0.135. The summed E-state index contributed by atoms with van der Waals surface area (Å²) in [6.07, 6.45) is 3.07. The minimum Gasteiger partial charge on any atom is -0.382 e. The van der Waals surface area contributed by atoms with E-state index >= 15 is 0 Å². The number of hydrogen-bond donors (Lipinski definition) is 2. The number of para-hydroxylation sites is 1. The van der Waals surface area contributed by atoms with E-state index in [2.05, 4.69) is 21.5 Å². The molecule has 1 aliphatic rings. The highest BCUT2D eigenvalue weighted by molar-refractivity contribution is 6.06. The molecule has 3 aromatic heterocycles. The minimum atomic E-state index is -0.619. The van der Waals surface area contributed by atoms with E-state index < -0.39 is 11.5 Å². The first-order valence-electron chi connectivity index (χ1n) is 15.7. The third kappa shape index (κ3) is 5.92. The van der Waals surface area contributed by atoms with Gasteiger partial charge < -0.3 is 16.0 Å². The van der Waals surface area contributed by atoms with Crippen molar-refractivity contribution in [3.8, 4) is 16.8 Å². The van der Waals surface area contributed by atoms with Gasteiger partial charge >= 0.3 is 0 Å². The molecule has 3 N–H and O–H groups in total. The highest BCUT2D eigenvalue weighted by Gasteiger charge is 2.28. The molecule has 6 rings (SSSR count). The summed E-state index contributed by atoms with van der Waals surface area (Å²) in [5.41, 5.74) is 10.9. The van der Waals surface area contributed by atoms with Crippen molar-refractivity contribution in [3.05, 3.63) is 106 Å². The van der Waals surface area contributed by atoms with E-state index in [9.17, 15) is 19.2 Å². The SMILES string of the molecule is CC(=O)c1cc(C(=O)Nc2ccc(-c3cc(C4CCN(C(=O)C(C)C)CC4)n4ncnc(N)c34)cc2)c(=O)n(-c2ccccc2)c1C. The lowest BCUT2D eigenvalue weighted by atomic mass is 9.92. The molecular formula is C36H37N7O4. The van der Waals surface area contributed by atoms with E-state index in [4.69, 9.17) is 5.73 Å². The van der Waals surface area contributed by atoms with Gasteiger partial charge in [-0.3, -0.25) is 23.7 Å². The summed E-state index contributed by atoms with van der Waals surface area (Å²) < 4.78 is 3.24. The Morgan fingerprint density at radius 2 is 1.64 bits per heavy atom. The minimum absolute atomic E-state index is 0.0320. The summed E-state index contributed by atoms with van der Waals surface area (Å²) in [6, 6.07) is 19.6. The molecule has 47 heavy (non-hydrogen) atoms. The summed E-state index contributed by atoms with van der Waals surface area (Å²) in [7, 11) is 0. The predicted octanol–water partition coefficient (Wildman–Crippen LogP) is 5.25. The maximum Gasteiger partial charge on any atom is 0.268 e. The van der Waals surface area contributed by atoms with Crippen molar-refractivity contribution in [2.24, 2.45) is 5.92 Å². The molecule has 11 nitrogen and oxygen atoms in total. The average Bonchev–Trinajstić information content (AvgIpc) is 3.46. The van der Waals surface area contributed by atoms with Crippen molar-refractivity contribution in [1.82, 2.24) is 24.1 Å². The van der Waals surface area contributed by atoms with Crippen LogP contribution < -0.4 is 16.6 Å². The second kappa shape index (κ2) is 12.7. The van der Waals surface area contributed by atoms with Gasteiger partial charge in [0.15, 0.2) is 11.6 Å². The molecule has 1 aliphatic heterocycles. The Morgan fingerprint density at radius 1 is 0.957 bits per heavy atom. The first-order valence-corrected chi connectivity index (χ1v) is 15.7. The van der Waals surface area contributed by atoms with Crippen LogP contribution in [0.25, 0.3) is 22.3 Å². The molecule has 0 radical (unpaired) electrons. The fraction of sp³-hybridized carbons (Fsp3) is 0.278. The van der Waals surface area contributed by atoms with E-state index in [-0.39, 0.29) is 29.1 Å². The number of fused-ring (bicyclic) bond motifs is 1. The van der Waals surface area contributed by atoms with Crippen LogP contribution in [-0.2, 0) is 4.79 Å². The number of piperidine rings is 1. The Balaban J connectivity index is 1.28. The third-order valence-electron chi connectivity index (χ3n) is 8.87. The second-order valence-corrected chi connectivity index (χ2v) is 12.3. The number of ketones is 1. The zero-order valence-electron chi connectivity index (χ0n) is 26.9. The van der Waals surface area contributed by atoms with Crippen LogP contribution in [0.2, 0.25) is 0 Å². The fourth-order valence-electron chi connectivity index (χ4n) is 6.41. The summed E-state index contributed by atoms with van der Waals surface area (Å²) in [6.45, 7) is 8.32. The number of rotatable bonds is 7. The topological polar surface area (TPSA) is 145 Å². The monoisotopic (exact) mass is 631 g/mol. The van der Waals surface area contributed by atoms with Crippen LogP contribution in [0.3, 0.4) is 0 Å². The smallest absolute Gasteiger partial charge is 0.268 e. The number of pyridine rings is 1. The Kier molecular flexibility index (Phi) is 8.46. The summed E-state index contributed by atoms with van der Waals surface area (Å²) in [4.78, 5) is 58.2. The van der Waals surface area contributed by atoms with E-state index in [0.717, 1.165) is 29.7 Å². The molecule has 0 spiro atoms. The van der Waals surface area contributed by atoms with E-state index in [1.807, 2.05) is 41.5 Å². The lowest BCUT2D eigenvalue weighted by Gasteiger charge is -2.33. The highest BCUT2D eigenvalue weighted by atomic mass is 16.2. The number of benzene rings is 2. The van der Waals surface area contributed by atoms with Gasteiger partial charge in [-0.1, -0.05) is 44.2 Å². The van der Waals surface area contributed by atoms with Crippen LogP contribution >= 0.6 is 0 Å². The molecule has 0 aliphatic carbocycles. The average molecular weight is 632 g/mol. The van der Waals surface area contributed by atoms with Gasteiger partial charge in [-0.25, -0.2) is 9.50 Å². The summed E-state index contributed by atoms with van der Waals surface area (Å²) in [5.74, 6) is -0.188. The summed E-state index contributed by atoms with van der Waals surface area (Å²) >= 11 is 0. The standard InChI is InChI=1S/C36H37N7O4/c1-21(2)35(46)41-16-14-25(15-17-41)31-19-29(32-33(37)38-20-39-43(31)32)24-10-12-26(13-11-24)40-34(45)30-18-28(23(4)44)22(3)42(36(30)47)27-8-6-5-7-9-27/h5-13,18-21,25H,14-17H2,1-4H3,(H,40,45)(H2,37,38,39). The molecule has 240 valence electrons. The number of carbonyl (C=O) groups is 3. The first kappa shape index (κ1) is 31.4. The maximum absolute atomic E-state index is 13.6. The molecule has 2 amide bonds. The van der Waals surface area contributed by atoms with Crippen LogP contribution in [0.15, 0.2) is 77.9 Å². The second-order valence-electron chi connectivity index (χ2n) is 12.3. The van der Waals surface area contributed by atoms with Gasteiger partial charge in [0.2, 0.25) is 5.91 Å². The zero-order chi connectivity index (χ0) is 33.4. The molecule has 1 saturated heterocycles. The van der Waals surface area contributed by atoms with Crippen LogP contribution in [0.5, 0.6) is 0 Å². The predicted molar refractivity (Wildman–Crippen MR) is 181 cm³/mol. The van der Waals surface area contributed by atoms with Crippen LogP contribution in [0.1, 0.15) is 71.6 Å². The van der Waals surface area contributed by atoms with E-state index in [1.54, 1.807) is 43.3 Å². The quantitative estimate of drug-likeness (QED) is 0.233. The van der Waals surface area contributed by atoms with Gasteiger partial charge in [0.05, 0.1) is 0 Å². The van der Waals surface area contributed by atoms with Crippen LogP contribution in [0.4, 0.5) is 11.5 Å². The molecule has 0 unspecified atom stereocenters. The molecule has 0 bridgehead atoms. The first-order chi connectivity index (χ1) is 22.5. The van der Waals surface area contributed by atoms with Gasteiger partial charge in [-0.2, -0.15) is 5.10 Å². The van der Waals surface area contributed by atoms with Gasteiger partial charge in [-0.15, -0.1) is 0 Å². The number of nitrogens with one attached hydrogen (secondary N) is 1. The number of aromatic nitrogens is 4. The molecule has 2 aromatic carbocycles. The lowest BCUT2D eigenvalue weighted by Crippen LogP contribution is -2.40. The zero-order valence-corrected chi connectivity index (χ0v) is 26.9. The number of hydrogen-bond acceptors (Lipinski definition) is 7. The number of anilines is 2. The molecule has 5 aromatic rings. The van der Waals surface area contributed by atoms with Gasteiger partial charge in [0.1, 0.15) is 17.4 Å². The number of amides is 2. The molecule has 0 saturated carbocycles. The van der Waals surface area contributed by atoms with Crippen molar-refractivity contribution < 1.29 is 14.4 Å². The molecular weight excluding hydrogens is 594 g/mol. The Bertz CT molecular complexity index is 2060. The van der Waals surface area contributed by atoms with E-state index in [0.29, 0.717) is 47.1 Å². The Hall–Kier alpha value is -5.58. The highest BCUT2D eigenvalue weighted by Crippen LogP contribution is 2.37. The Labute approximate surface area is 272 Å². The molecule has 0 atom stereocenters. The number of nitrogens with zero attached hydrogens (tertiary/aromatic N) is 5. The molecule has 4 heterocycles. The number of likely N-dealkylation sites (tertiary alicyclic amines) is 1. The van der Waals surface area contributed by atoms with Crippen molar-refractivity contribution >= 4 is 34.6 Å². The fourth-order valence-corrected chi connectivity index (χ4v) is 6.41. The van der Waals surface area contributed by atoms with Crippen molar-refractivity contribution in [3.63, 3.8) is 0 Å². The number of nitrogens with two attached hydrogens (primary N) is 1. The Morgan fingerprint density at radius 3 is 2.28 bits per heavy atom.